The summed E-state index contributed by atoms with van der Waals surface area (Å²) in [6.07, 6.45) is 64.3. The fraction of sp³-hybridized carbons (Fsp3) is 0.949. The molecule has 2 unspecified atom stereocenters. The van der Waals surface area contributed by atoms with Crippen molar-refractivity contribution in [2.24, 2.45) is 0 Å². The van der Waals surface area contributed by atoms with Crippen molar-refractivity contribution in [3.8, 4) is 0 Å². The van der Waals surface area contributed by atoms with Gasteiger partial charge in [-0.05, 0) is 25.7 Å². The second-order valence-corrected chi connectivity index (χ2v) is 31.0. The molecule has 0 heterocycles. The van der Waals surface area contributed by atoms with Crippen molar-refractivity contribution in [3.63, 3.8) is 0 Å². The highest BCUT2D eigenvalue weighted by Crippen LogP contribution is 2.45. The Kier molecular flexibility index (Phi) is 71.0. The predicted octanol–water partition coefficient (Wildman–Crippen LogP) is 23.4. The van der Waals surface area contributed by atoms with Crippen molar-refractivity contribution in [1.82, 2.24) is 0 Å². The van der Waals surface area contributed by atoms with Crippen molar-refractivity contribution in [2.75, 3.05) is 39.6 Å². The Morgan fingerprint density at radius 2 is 0.412 bits per heavy atom. The molecule has 97 heavy (non-hydrogen) atoms. The summed E-state index contributed by atoms with van der Waals surface area (Å²) in [7, 11) is -9.90. The van der Waals surface area contributed by atoms with E-state index in [1.54, 1.807) is 0 Å². The van der Waals surface area contributed by atoms with Crippen LogP contribution in [0.4, 0.5) is 0 Å². The zero-order valence-electron chi connectivity index (χ0n) is 63.1. The van der Waals surface area contributed by atoms with Gasteiger partial charge < -0.3 is 33.8 Å². The minimum absolute atomic E-state index is 0.108. The van der Waals surface area contributed by atoms with Crippen LogP contribution in [0.25, 0.3) is 0 Å². The van der Waals surface area contributed by atoms with E-state index in [0.29, 0.717) is 25.7 Å². The summed E-state index contributed by atoms with van der Waals surface area (Å²) in [5.41, 5.74) is 0. The van der Waals surface area contributed by atoms with Crippen molar-refractivity contribution < 1.29 is 80.2 Å². The number of phosphoric ester groups is 2. The van der Waals surface area contributed by atoms with E-state index >= 15 is 0 Å². The Balaban J connectivity index is 5.12. The highest BCUT2D eigenvalue weighted by molar-refractivity contribution is 7.47. The van der Waals surface area contributed by atoms with Crippen LogP contribution in [-0.4, -0.2) is 96.7 Å². The van der Waals surface area contributed by atoms with E-state index in [1.165, 1.54) is 244 Å². The number of phosphoric acid groups is 2. The molecule has 0 bridgehead atoms. The first-order valence-electron chi connectivity index (χ1n) is 40.8. The molecule has 0 radical (unpaired) electrons. The number of hydrogen-bond acceptors (Lipinski definition) is 15. The zero-order valence-corrected chi connectivity index (χ0v) is 64.8. The average molecular weight is 1420 g/mol. The molecule has 0 aliphatic rings. The van der Waals surface area contributed by atoms with Crippen LogP contribution in [0.5, 0.6) is 0 Å². The first kappa shape index (κ1) is 95.1. The van der Waals surface area contributed by atoms with Crippen LogP contribution < -0.4 is 0 Å². The predicted molar refractivity (Wildman–Crippen MR) is 395 cm³/mol. The molecule has 0 amide bonds. The topological polar surface area (TPSA) is 237 Å². The molecule has 576 valence electrons. The van der Waals surface area contributed by atoms with Crippen LogP contribution in [0.1, 0.15) is 419 Å². The second-order valence-electron chi connectivity index (χ2n) is 28.1. The van der Waals surface area contributed by atoms with Gasteiger partial charge in [-0.25, -0.2) is 9.13 Å². The number of carbonyl (C=O) groups is 4. The Morgan fingerprint density at radius 3 is 0.608 bits per heavy atom. The third kappa shape index (κ3) is 72.2. The van der Waals surface area contributed by atoms with Gasteiger partial charge in [-0.3, -0.25) is 37.3 Å². The molecule has 0 aromatic heterocycles. The normalized spacial score (nSPS) is 13.8. The Labute approximate surface area is 594 Å². The number of carbonyl (C=O) groups excluding carboxylic acids is 4. The summed E-state index contributed by atoms with van der Waals surface area (Å²) >= 11 is 0. The molecule has 17 nitrogen and oxygen atoms in total. The summed E-state index contributed by atoms with van der Waals surface area (Å²) in [5.74, 6) is -2.12. The lowest BCUT2D eigenvalue weighted by Crippen LogP contribution is -2.30. The van der Waals surface area contributed by atoms with Gasteiger partial charge >= 0.3 is 39.5 Å². The number of esters is 4. The minimum atomic E-state index is -4.96. The number of aliphatic hydroxyl groups is 1. The molecule has 0 aromatic carbocycles. The number of unbranched alkanes of at least 4 members (excludes halogenated alkanes) is 53. The molecular formula is C78H152O17P2. The van der Waals surface area contributed by atoms with Gasteiger partial charge in [0.2, 0.25) is 0 Å². The molecule has 0 fully saturated rings. The van der Waals surface area contributed by atoms with E-state index in [4.69, 9.17) is 37.0 Å². The molecule has 0 rings (SSSR count). The van der Waals surface area contributed by atoms with E-state index in [-0.39, 0.29) is 25.7 Å². The first-order valence-corrected chi connectivity index (χ1v) is 43.8. The van der Waals surface area contributed by atoms with Gasteiger partial charge in [0.1, 0.15) is 19.3 Å². The molecule has 19 heteroatoms. The van der Waals surface area contributed by atoms with Gasteiger partial charge in [0.05, 0.1) is 26.4 Å². The molecule has 0 spiro atoms. The maximum absolute atomic E-state index is 13.1. The van der Waals surface area contributed by atoms with E-state index in [0.717, 1.165) is 96.3 Å². The van der Waals surface area contributed by atoms with Crippen molar-refractivity contribution >= 4 is 39.5 Å². The van der Waals surface area contributed by atoms with Gasteiger partial charge in [-0.1, -0.05) is 368 Å². The largest absolute Gasteiger partial charge is 0.472 e. The molecule has 0 aliphatic carbocycles. The van der Waals surface area contributed by atoms with E-state index in [1.807, 2.05) is 0 Å². The van der Waals surface area contributed by atoms with Gasteiger partial charge in [0.25, 0.3) is 0 Å². The summed E-state index contributed by atoms with van der Waals surface area (Å²) in [6.45, 7) is 4.92. The Bertz CT molecular complexity index is 1840. The number of rotatable bonds is 79. The van der Waals surface area contributed by atoms with Gasteiger partial charge in [0, 0.05) is 25.7 Å². The lowest BCUT2D eigenvalue weighted by Gasteiger charge is -2.21. The maximum Gasteiger partial charge on any atom is 0.472 e. The molecule has 0 aromatic rings. The van der Waals surface area contributed by atoms with Crippen LogP contribution in [0.15, 0.2) is 0 Å². The van der Waals surface area contributed by atoms with Crippen LogP contribution in [0.3, 0.4) is 0 Å². The summed E-state index contributed by atoms with van der Waals surface area (Å²) in [5, 5.41) is 10.6. The highest BCUT2D eigenvalue weighted by Gasteiger charge is 2.30. The van der Waals surface area contributed by atoms with Gasteiger partial charge in [-0.15, -0.1) is 0 Å². The van der Waals surface area contributed by atoms with Crippen molar-refractivity contribution in [2.45, 2.75) is 438 Å². The molecule has 0 aliphatic heterocycles. The quantitative estimate of drug-likeness (QED) is 0.0222. The van der Waals surface area contributed by atoms with Crippen LogP contribution in [0.2, 0.25) is 0 Å². The van der Waals surface area contributed by atoms with E-state index in [2.05, 4.69) is 27.7 Å². The third-order valence-corrected chi connectivity index (χ3v) is 20.3. The maximum atomic E-state index is 13.1. The minimum Gasteiger partial charge on any atom is -0.462 e. The monoisotopic (exact) mass is 1420 g/mol. The SMILES string of the molecule is CCCCCCCCCCCCCCCCCCCCCCC(=O)O[C@H](COC(=O)CCCCCCCCCCCCCCCCCC)COP(=O)(O)OC[C@@H](O)COP(=O)(O)OC[C@@H](COC(=O)CCCCCCC)OC(=O)CCCCCCCCCCCCCCCCCC. The fourth-order valence-electron chi connectivity index (χ4n) is 12.1. The molecule has 0 saturated carbocycles. The Morgan fingerprint density at radius 1 is 0.247 bits per heavy atom. The lowest BCUT2D eigenvalue weighted by molar-refractivity contribution is -0.161. The Hall–Kier alpha value is -1.94. The molecule has 3 N–H and O–H groups in total. The van der Waals surface area contributed by atoms with Crippen LogP contribution in [0, 0.1) is 0 Å². The number of hydrogen-bond donors (Lipinski definition) is 3. The lowest BCUT2D eigenvalue weighted by atomic mass is 10.0. The second kappa shape index (κ2) is 72.4. The van der Waals surface area contributed by atoms with Crippen LogP contribution in [-0.2, 0) is 65.4 Å². The summed E-state index contributed by atoms with van der Waals surface area (Å²) in [4.78, 5) is 72.6. The standard InChI is InChI=1S/C78H152O17P2/c1-5-9-13-17-20-23-26-29-32-35-36-37-38-41-44-47-50-53-57-61-65-78(83)95-74(69-89-76(81)63-59-55-51-48-45-42-39-33-30-27-24-21-18-14-10-6-2)71-93-97(86,87)91-67-72(79)66-90-96(84,85)92-70-73(68-88-75(80)62-58-54-16-12-8-4)94-77(82)64-60-56-52-49-46-43-40-34-31-28-25-22-19-15-11-7-3/h72-74,79H,5-71H2,1-4H3,(H,84,85)(H,86,87)/t72-,73+,74+/m0/s1. The van der Waals surface area contributed by atoms with Crippen LogP contribution >= 0.6 is 15.6 Å². The number of ether oxygens (including phenoxy) is 4. The van der Waals surface area contributed by atoms with Gasteiger partial charge in [0.15, 0.2) is 12.2 Å². The molecule has 0 saturated heterocycles. The number of aliphatic hydroxyl groups excluding tert-OH is 1. The smallest absolute Gasteiger partial charge is 0.462 e. The highest BCUT2D eigenvalue weighted by atomic mass is 31.2. The third-order valence-electron chi connectivity index (χ3n) is 18.4. The first-order chi connectivity index (χ1) is 47.2. The van der Waals surface area contributed by atoms with E-state index in [9.17, 15) is 43.2 Å². The van der Waals surface area contributed by atoms with Crippen molar-refractivity contribution in [3.05, 3.63) is 0 Å². The fourth-order valence-corrected chi connectivity index (χ4v) is 13.7. The average Bonchev–Trinajstić information content (AvgIpc) is 2.19. The summed E-state index contributed by atoms with van der Waals surface area (Å²) in [6, 6.07) is 0. The molecular weight excluding hydrogens is 1270 g/mol. The van der Waals surface area contributed by atoms with Crippen molar-refractivity contribution in [1.29, 1.82) is 0 Å². The summed E-state index contributed by atoms with van der Waals surface area (Å²) < 4.78 is 68.4. The molecule has 5 atom stereocenters. The van der Waals surface area contributed by atoms with Gasteiger partial charge in [-0.2, -0.15) is 0 Å². The zero-order chi connectivity index (χ0) is 71.1. The van der Waals surface area contributed by atoms with E-state index < -0.39 is 97.5 Å².